The first-order valence-electron chi connectivity index (χ1n) is 9.12. The van der Waals surface area contributed by atoms with Crippen LogP contribution in [0.15, 0.2) is 47.4 Å². The highest BCUT2D eigenvalue weighted by Gasteiger charge is 2.25. The molecule has 0 unspecified atom stereocenters. The molecule has 4 nitrogen and oxygen atoms in total. The number of aromatic nitrogens is 1. The van der Waals surface area contributed by atoms with Gasteiger partial charge < -0.3 is 9.47 Å². The Kier molecular flexibility index (Phi) is 5.37. The summed E-state index contributed by atoms with van der Waals surface area (Å²) in [6.45, 7) is 6.20. The van der Waals surface area contributed by atoms with Crippen molar-refractivity contribution in [3.8, 4) is 0 Å². The van der Waals surface area contributed by atoms with Gasteiger partial charge in [0.25, 0.3) is 11.5 Å². The van der Waals surface area contributed by atoms with E-state index in [0.717, 1.165) is 37.1 Å². The lowest BCUT2D eigenvalue weighted by molar-refractivity contribution is 0.0668. The lowest BCUT2D eigenvalue weighted by Crippen LogP contribution is -2.42. The molecule has 1 atom stereocenters. The summed E-state index contributed by atoms with van der Waals surface area (Å²) < 4.78 is 1.63. The molecule has 1 aromatic heterocycles. The predicted molar refractivity (Wildman–Crippen MR) is 99.9 cm³/mol. The Labute approximate surface area is 149 Å². The van der Waals surface area contributed by atoms with E-state index in [1.807, 2.05) is 30.0 Å². The van der Waals surface area contributed by atoms with Crippen LogP contribution in [0, 0.1) is 12.8 Å². The van der Waals surface area contributed by atoms with Gasteiger partial charge in [0.2, 0.25) is 0 Å². The van der Waals surface area contributed by atoms with Crippen LogP contribution < -0.4 is 5.56 Å². The van der Waals surface area contributed by atoms with Crippen molar-refractivity contribution in [2.24, 2.45) is 5.92 Å². The zero-order valence-electron chi connectivity index (χ0n) is 15.1. The standard InChI is InChI=1S/C21H26N2O2/c1-3-17-9-5-11-22(14-17)20(24)19-10-6-12-23(21(19)25)15-18-8-4-7-16(2)13-18/h4,6-8,10,12-13,17H,3,5,9,11,14-15H2,1-2H3/t17-/m1/s1. The van der Waals surface area contributed by atoms with E-state index in [-0.39, 0.29) is 17.0 Å². The molecule has 2 heterocycles. The van der Waals surface area contributed by atoms with Crippen LogP contribution in [-0.4, -0.2) is 28.5 Å². The molecule has 0 N–H and O–H groups in total. The Morgan fingerprint density at radius 3 is 2.84 bits per heavy atom. The molecule has 1 saturated heterocycles. The van der Waals surface area contributed by atoms with E-state index in [0.29, 0.717) is 12.5 Å². The van der Waals surface area contributed by atoms with Gasteiger partial charge in [0.05, 0.1) is 6.54 Å². The number of hydrogen-bond acceptors (Lipinski definition) is 2. The molecule has 3 rings (SSSR count). The summed E-state index contributed by atoms with van der Waals surface area (Å²) in [6, 6.07) is 11.6. The summed E-state index contributed by atoms with van der Waals surface area (Å²) >= 11 is 0. The Balaban J connectivity index is 1.83. The fourth-order valence-electron chi connectivity index (χ4n) is 3.58. The first kappa shape index (κ1) is 17.5. The van der Waals surface area contributed by atoms with Gasteiger partial charge in [-0.3, -0.25) is 9.59 Å². The molecule has 2 aromatic rings. The van der Waals surface area contributed by atoms with Gasteiger partial charge in [-0.05, 0) is 43.4 Å². The van der Waals surface area contributed by atoms with Crippen LogP contribution in [0.2, 0.25) is 0 Å². The fraction of sp³-hybridized carbons (Fsp3) is 0.429. The van der Waals surface area contributed by atoms with Crippen LogP contribution in [0.1, 0.15) is 47.7 Å². The summed E-state index contributed by atoms with van der Waals surface area (Å²) in [6.07, 6.45) is 5.03. The first-order valence-corrected chi connectivity index (χ1v) is 9.12. The highest BCUT2D eigenvalue weighted by Crippen LogP contribution is 2.20. The molecule has 0 radical (unpaired) electrons. The average molecular weight is 338 g/mol. The molecule has 1 aliphatic heterocycles. The van der Waals surface area contributed by atoms with Crippen LogP contribution in [0.25, 0.3) is 0 Å². The molecule has 4 heteroatoms. The van der Waals surface area contributed by atoms with Crippen molar-refractivity contribution >= 4 is 5.91 Å². The SMILES string of the molecule is CC[C@@H]1CCCN(C(=O)c2cccn(Cc3cccc(C)c3)c2=O)C1. The topological polar surface area (TPSA) is 42.3 Å². The van der Waals surface area contributed by atoms with E-state index >= 15 is 0 Å². The molecule has 0 aliphatic carbocycles. The van der Waals surface area contributed by atoms with E-state index in [1.165, 1.54) is 6.42 Å². The minimum absolute atomic E-state index is 0.123. The molecule has 0 bridgehead atoms. The lowest BCUT2D eigenvalue weighted by Gasteiger charge is -2.32. The quantitative estimate of drug-likeness (QED) is 0.857. The van der Waals surface area contributed by atoms with Crippen LogP contribution in [0.5, 0.6) is 0 Å². The van der Waals surface area contributed by atoms with E-state index < -0.39 is 0 Å². The molecule has 1 aromatic carbocycles. The molecule has 132 valence electrons. The highest BCUT2D eigenvalue weighted by atomic mass is 16.2. The maximum Gasteiger partial charge on any atom is 0.263 e. The zero-order chi connectivity index (χ0) is 17.8. The van der Waals surface area contributed by atoms with Gasteiger partial charge in [0.1, 0.15) is 5.56 Å². The molecule has 1 fully saturated rings. The minimum atomic E-state index is -0.201. The average Bonchev–Trinajstić information content (AvgIpc) is 2.63. The normalized spacial score (nSPS) is 17.5. The summed E-state index contributed by atoms with van der Waals surface area (Å²) in [5, 5.41) is 0. The van der Waals surface area contributed by atoms with Crippen molar-refractivity contribution in [1.29, 1.82) is 0 Å². The molecular formula is C21H26N2O2. The van der Waals surface area contributed by atoms with Gasteiger partial charge in [0, 0.05) is 19.3 Å². The highest BCUT2D eigenvalue weighted by molar-refractivity contribution is 5.93. The van der Waals surface area contributed by atoms with Crippen molar-refractivity contribution in [1.82, 2.24) is 9.47 Å². The summed E-state index contributed by atoms with van der Waals surface area (Å²) in [4.78, 5) is 27.5. The maximum atomic E-state index is 12.9. The number of rotatable bonds is 4. The second-order valence-corrected chi connectivity index (χ2v) is 7.01. The van der Waals surface area contributed by atoms with E-state index in [4.69, 9.17) is 0 Å². The maximum absolute atomic E-state index is 12.9. The summed E-state index contributed by atoms with van der Waals surface area (Å²) in [5.74, 6) is 0.428. The molecule has 1 amide bonds. The molecule has 0 saturated carbocycles. The van der Waals surface area contributed by atoms with Crippen molar-refractivity contribution in [2.75, 3.05) is 13.1 Å². The molecule has 0 spiro atoms. The Morgan fingerprint density at radius 1 is 1.24 bits per heavy atom. The number of carbonyl (C=O) groups is 1. The van der Waals surface area contributed by atoms with Gasteiger partial charge in [-0.2, -0.15) is 0 Å². The van der Waals surface area contributed by atoms with Gasteiger partial charge in [0.15, 0.2) is 0 Å². The van der Waals surface area contributed by atoms with E-state index in [2.05, 4.69) is 13.0 Å². The molecule has 25 heavy (non-hydrogen) atoms. The van der Waals surface area contributed by atoms with Crippen molar-refractivity contribution in [3.05, 3.63) is 69.6 Å². The smallest absolute Gasteiger partial charge is 0.263 e. The van der Waals surface area contributed by atoms with E-state index in [9.17, 15) is 9.59 Å². The number of amides is 1. The number of hydrogen-bond donors (Lipinski definition) is 0. The van der Waals surface area contributed by atoms with Crippen molar-refractivity contribution < 1.29 is 4.79 Å². The number of carbonyl (C=O) groups excluding carboxylic acids is 1. The number of piperidine rings is 1. The zero-order valence-corrected chi connectivity index (χ0v) is 15.1. The minimum Gasteiger partial charge on any atom is -0.338 e. The van der Waals surface area contributed by atoms with Crippen molar-refractivity contribution in [3.63, 3.8) is 0 Å². The second-order valence-electron chi connectivity index (χ2n) is 7.01. The molecule has 1 aliphatic rings. The van der Waals surface area contributed by atoms with Crippen LogP contribution >= 0.6 is 0 Å². The fourth-order valence-corrected chi connectivity index (χ4v) is 3.58. The third-order valence-electron chi connectivity index (χ3n) is 5.07. The third-order valence-corrected chi connectivity index (χ3v) is 5.07. The summed E-state index contributed by atoms with van der Waals surface area (Å²) in [5.41, 5.74) is 2.31. The van der Waals surface area contributed by atoms with Crippen molar-refractivity contribution in [2.45, 2.75) is 39.7 Å². The largest absolute Gasteiger partial charge is 0.338 e. The predicted octanol–water partition coefficient (Wildman–Crippen LogP) is 3.47. The Morgan fingerprint density at radius 2 is 2.08 bits per heavy atom. The number of benzene rings is 1. The van der Waals surface area contributed by atoms with Gasteiger partial charge in [-0.25, -0.2) is 0 Å². The lowest BCUT2D eigenvalue weighted by atomic mass is 9.95. The van der Waals surface area contributed by atoms with Crippen LogP contribution in [0.3, 0.4) is 0 Å². The third kappa shape index (κ3) is 4.01. The van der Waals surface area contributed by atoms with Crippen LogP contribution in [0.4, 0.5) is 0 Å². The second kappa shape index (κ2) is 7.68. The number of pyridine rings is 1. The number of likely N-dealkylation sites (tertiary alicyclic amines) is 1. The van der Waals surface area contributed by atoms with Gasteiger partial charge >= 0.3 is 0 Å². The molecular weight excluding hydrogens is 312 g/mol. The van der Waals surface area contributed by atoms with Gasteiger partial charge in [-0.15, -0.1) is 0 Å². The number of nitrogens with zero attached hydrogens (tertiary/aromatic N) is 2. The van der Waals surface area contributed by atoms with Gasteiger partial charge in [-0.1, -0.05) is 43.2 Å². The Bertz CT molecular complexity index is 810. The first-order chi connectivity index (χ1) is 12.1. The monoisotopic (exact) mass is 338 g/mol. The number of aryl methyl sites for hydroxylation is 1. The Hall–Kier alpha value is -2.36. The van der Waals surface area contributed by atoms with Crippen LogP contribution in [-0.2, 0) is 6.54 Å². The van der Waals surface area contributed by atoms with E-state index in [1.54, 1.807) is 22.9 Å². The summed E-state index contributed by atoms with van der Waals surface area (Å²) in [7, 11) is 0.